The number of hydrogen-bond donors (Lipinski definition) is 2. The third-order valence-corrected chi connectivity index (χ3v) is 3.57. The number of hydrogen-bond acceptors (Lipinski definition) is 2. The van der Waals surface area contributed by atoms with Crippen molar-refractivity contribution in [2.24, 2.45) is 0 Å². The van der Waals surface area contributed by atoms with Crippen LogP contribution < -0.4 is 10.6 Å². The number of thioether (sulfide) groups is 1. The molecule has 0 aliphatic rings. The molecule has 0 aromatic heterocycles. The van der Waals surface area contributed by atoms with Gasteiger partial charge in [0.25, 0.3) is 0 Å². The van der Waals surface area contributed by atoms with E-state index in [1.54, 1.807) is 18.2 Å². The van der Waals surface area contributed by atoms with Crippen LogP contribution in [0.15, 0.2) is 24.3 Å². The zero-order valence-electron chi connectivity index (χ0n) is 10.9. The molecule has 0 saturated carbocycles. The van der Waals surface area contributed by atoms with Gasteiger partial charge in [-0.25, -0.2) is 4.39 Å². The summed E-state index contributed by atoms with van der Waals surface area (Å²) in [5.74, 6) is 0.661. The molecule has 0 atom stereocenters. The Morgan fingerprint density at radius 2 is 2.00 bits per heavy atom. The van der Waals surface area contributed by atoms with Crippen LogP contribution >= 0.6 is 24.0 Å². The fourth-order valence-corrected chi connectivity index (χ4v) is 2.28. The fourth-order valence-electron chi connectivity index (χ4n) is 1.25. The third-order valence-electron chi connectivity index (χ3n) is 2.04. The minimum atomic E-state index is -0.300. The van der Waals surface area contributed by atoms with Crippen molar-refractivity contribution in [3.63, 3.8) is 0 Å². The van der Waals surface area contributed by atoms with E-state index in [1.807, 2.05) is 11.8 Å². The summed E-state index contributed by atoms with van der Waals surface area (Å²) in [6.45, 7) is 7.29. The van der Waals surface area contributed by atoms with Gasteiger partial charge in [0.15, 0.2) is 5.11 Å². The van der Waals surface area contributed by atoms with Gasteiger partial charge >= 0.3 is 0 Å². The fraction of sp³-hybridized carbons (Fsp3) is 0.462. The van der Waals surface area contributed by atoms with Gasteiger partial charge in [0.05, 0.1) is 5.69 Å². The zero-order chi connectivity index (χ0) is 13.6. The van der Waals surface area contributed by atoms with Crippen LogP contribution in [0.5, 0.6) is 0 Å². The lowest BCUT2D eigenvalue weighted by Gasteiger charge is -2.18. The minimum absolute atomic E-state index is 0.252. The normalized spacial score (nSPS) is 11.1. The van der Waals surface area contributed by atoms with Gasteiger partial charge in [0, 0.05) is 17.0 Å². The van der Waals surface area contributed by atoms with Crippen molar-refractivity contribution < 1.29 is 4.39 Å². The standard InChI is InChI=1S/C13H19FN2S2/c1-13(2,3)18-9-8-15-12(17)16-11-7-5-4-6-10(11)14/h4-7H,8-9H2,1-3H3,(H2,15,16,17). The Morgan fingerprint density at radius 1 is 1.33 bits per heavy atom. The van der Waals surface area contributed by atoms with Crippen LogP contribution in [0.1, 0.15) is 20.8 Å². The first kappa shape index (κ1) is 15.2. The van der Waals surface area contributed by atoms with Crippen molar-refractivity contribution in [3.05, 3.63) is 30.1 Å². The van der Waals surface area contributed by atoms with Crippen LogP contribution in [0.25, 0.3) is 0 Å². The van der Waals surface area contributed by atoms with Gasteiger partial charge < -0.3 is 10.6 Å². The highest BCUT2D eigenvalue weighted by atomic mass is 32.2. The number of para-hydroxylation sites is 1. The van der Waals surface area contributed by atoms with Crippen LogP contribution in [-0.2, 0) is 0 Å². The van der Waals surface area contributed by atoms with Gasteiger partial charge in [0.2, 0.25) is 0 Å². The van der Waals surface area contributed by atoms with Gasteiger partial charge in [-0.1, -0.05) is 32.9 Å². The van der Waals surface area contributed by atoms with E-state index < -0.39 is 0 Å². The summed E-state index contributed by atoms with van der Waals surface area (Å²) in [7, 11) is 0. The summed E-state index contributed by atoms with van der Waals surface area (Å²) in [5, 5.41) is 6.36. The molecule has 2 N–H and O–H groups in total. The molecule has 0 aliphatic heterocycles. The highest BCUT2D eigenvalue weighted by Gasteiger charge is 2.09. The molecule has 0 bridgehead atoms. The van der Waals surface area contributed by atoms with E-state index in [4.69, 9.17) is 12.2 Å². The predicted octanol–water partition coefficient (Wildman–Crippen LogP) is 3.64. The van der Waals surface area contributed by atoms with Crippen molar-refractivity contribution in [1.82, 2.24) is 5.32 Å². The van der Waals surface area contributed by atoms with E-state index in [2.05, 4.69) is 31.4 Å². The van der Waals surface area contributed by atoms with Crippen molar-refractivity contribution in [2.45, 2.75) is 25.5 Å². The molecule has 0 saturated heterocycles. The molecule has 0 amide bonds. The smallest absolute Gasteiger partial charge is 0.170 e. The Labute approximate surface area is 118 Å². The average Bonchev–Trinajstić information content (AvgIpc) is 2.26. The van der Waals surface area contributed by atoms with Crippen LogP contribution in [0.2, 0.25) is 0 Å². The van der Waals surface area contributed by atoms with Crippen molar-refractivity contribution in [3.8, 4) is 0 Å². The zero-order valence-corrected chi connectivity index (χ0v) is 12.6. The molecule has 2 nitrogen and oxygen atoms in total. The maximum atomic E-state index is 13.3. The van der Waals surface area contributed by atoms with E-state index in [9.17, 15) is 4.39 Å². The molecule has 0 unspecified atom stereocenters. The second-order valence-electron chi connectivity index (χ2n) is 4.82. The summed E-state index contributed by atoms with van der Waals surface area (Å²) in [5.41, 5.74) is 0.401. The topological polar surface area (TPSA) is 24.1 Å². The number of thiocarbonyl (C=S) groups is 1. The van der Waals surface area contributed by atoms with Gasteiger partial charge in [-0.3, -0.25) is 0 Å². The monoisotopic (exact) mass is 286 g/mol. The first-order chi connectivity index (χ1) is 8.38. The Kier molecular flexibility index (Phi) is 5.88. The maximum absolute atomic E-state index is 13.3. The van der Waals surface area contributed by atoms with Crippen molar-refractivity contribution in [2.75, 3.05) is 17.6 Å². The van der Waals surface area contributed by atoms with E-state index in [-0.39, 0.29) is 10.6 Å². The molecule has 0 spiro atoms. The predicted molar refractivity (Wildman–Crippen MR) is 82.8 cm³/mol. The molecule has 0 heterocycles. The van der Waals surface area contributed by atoms with E-state index in [1.165, 1.54) is 6.07 Å². The maximum Gasteiger partial charge on any atom is 0.170 e. The SMILES string of the molecule is CC(C)(C)SCCNC(=S)Nc1ccccc1F. The Bertz CT molecular complexity index is 402. The number of rotatable bonds is 4. The lowest BCUT2D eigenvalue weighted by atomic mass is 10.3. The third kappa shape index (κ3) is 6.21. The molecule has 100 valence electrons. The second-order valence-corrected chi connectivity index (χ2v) is 7.15. The molecule has 0 fully saturated rings. The number of nitrogens with one attached hydrogen (secondary N) is 2. The quantitative estimate of drug-likeness (QED) is 0.652. The molecule has 0 aliphatic carbocycles. The Morgan fingerprint density at radius 3 is 2.61 bits per heavy atom. The summed E-state index contributed by atoms with van der Waals surface area (Å²) < 4.78 is 13.6. The lowest BCUT2D eigenvalue weighted by Crippen LogP contribution is -2.31. The average molecular weight is 286 g/mol. The van der Waals surface area contributed by atoms with E-state index >= 15 is 0 Å². The number of halogens is 1. The molecule has 18 heavy (non-hydrogen) atoms. The Hall–Kier alpha value is -0.810. The first-order valence-corrected chi connectivity index (χ1v) is 7.21. The van der Waals surface area contributed by atoms with Crippen LogP contribution in [-0.4, -0.2) is 22.2 Å². The van der Waals surface area contributed by atoms with Crippen molar-refractivity contribution in [1.29, 1.82) is 0 Å². The van der Waals surface area contributed by atoms with Crippen molar-refractivity contribution >= 4 is 34.8 Å². The highest BCUT2D eigenvalue weighted by Crippen LogP contribution is 2.22. The minimum Gasteiger partial charge on any atom is -0.362 e. The first-order valence-electron chi connectivity index (χ1n) is 5.82. The molecule has 1 aromatic rings. The van der Waals surface area contributed by atoms with E-state index in [0.717, 1.165) is 12.3 Å². The highest BCUT2D eigenvalue weighted by molar-refractivity contribution is 8.00. The van der Waals surface area contributed by atoms with Crippen LogP contribution in [0, 0.1) is 5.82 Å². The summed E-state index contributed by atoms with van der Waals surface area (Å²) in [6.07, 6.45) is 0. The molecule has 1 aromatic carbocycles. The molecule has 5 heteroatoms. The molecule has 0 radical (unpaired) electrons. The summed E-state index contributed by atoms with van der Waals surface area (Å²) in [4.78, 5) is 0. The summed E-state index contributed by atoms with van der Waals surface area (Å²) >= 11 is 6.97. The van der Waals surface area contributed by atoms with Gasteiger partial charge in [-0.2, -0.15) is 11.8 Å². The van der Waals surface area contributed by atoms with E-state index in [0.29, 0.717) is 10.8 Å². The summed E-state index contributed by atoms with van der Waals surface area (Å²) in [6, 6.07) is 6.48. The Balaban J connectivity index is 2.29. The van der Waals surface area contributed by atoms with Gasteiger partial charge in [-0.15, -0.1) is 0 Å². The second kappa shape index (κ2) is 6.95. The molecular formula is C13H19FN2S2. The van der Waals surface area contributed by atoms with Crippen LogP contribution in [0.4, 0.5) is 10.1 Å². The number of benzene rings is 1. The largest absolute Gasteiger partial charge is 0.362 e. The van der Waals surface area contributed by atoms with Crippen LogP contribution in [0.3, 0.4) is 0 Å². The number of anilines is 1. The molecular weight excluding hydrogens is 267 g/mol. The lowest BCUT2D eigenvalue weighted by molar-refractivity contribution is 0.632. The van der Waals surface area contributed by atoms with Gasteiger partial charge in [-0.05, 0) is 24.4 Å². The molecule has 1 rings (SSSR count). The van der Waals surface area contributed by atoms with Gasteiger partial charge in [0.1, 0.15) is 5.82 Å².